The van der Waals surface area contributed by atoms with E-state index in [1.54, 1.807) is 18.5 Å². The minimum absolute atomic E-state index is 0.154. The average molecular weight is 588 g/mol. The van der Waals surface area contributed by atoms with Gasteiger partial charge in [0, 0.05) is 86.3 Å². The predicted octanol–water partition coefficient (Wildman–Crippen LogP) is 4.05. The molecule has 42 heavy (non-hydrogen) atoms. The largest absolute Gasteiger partial charge is 0.417 e. The predicted molar refractivity (Wildman–Crippen MR) is 151 cm³/mol. The van der Waals surface area contributed by atoms with Crippen LogP contribution in [0.4, 0.5) is 29.2 Å². The molecule has 2 N–H and O–H groups in total. The number of rotatable bonds is 6. The maximum absolute atomic E-state index is 15.7. The number of carbonyl (C=O) groups is 1. The van der Waals surface area contributed by atoms with Gasteiger partial charge in [-0.05, 0) is 51.4 Å². The van der Waals surface area contributed by atoms with Crippen LogP contribution in [0.3, 0.4) is 0 Å². The van der Waals surface area contributed by atoms with Gasteiger partial charge in [0.25, 0.3) is 5.91 Å². The third-order valence-corrected chi connectivity index (χ3v) is 8.12. The Kier molecular flexibility index (Phi) is 8.22. The van der Waals surface area contributed by atoms with Gasteiger partial charge in [-0.3, -0.25) is 14.5 Å². The number of carbonyl (C=O) groups excluding carboxylic acids is 1. The van der Waals surface area contributed by atoms with E-state index >= 15 is 4.39 Å². The summed E-state index contributed by atoms with van der Waals surface area (Å²) < 4.78 is 56.4. The molecule has 9 nitrogen and oxygen atoms in total. The molecule has 2 aromatic heterocycles. The Morgan fingerprint density at radius 2 is 1.69 bits per heavy atom. The van der Waals surface area contributed by atoms with Crippen LogP contribution in [0.2, 0.25) is 0 Å². The Labute approximate surface area is 240 Å². The molecule has 4 heterocycles. The van der Waals surface area contributed by atoms with Crippen molar-refractivity contribution in [2.75, 3.05) is 43.0 Å². The van der Waals surface area contributed by atoms with Crippen LogP contribution in [0, 0.1) is 5.82 Å². The van der Waals surface area contributed by atoms with Gasteiger partial charge in [0.1, 0.15) is 5.82 Å². The average Bonchev–Trinajstić information content (AvgIpc) is 3.49. The lowest BCUT2D eigenvalue weighted by Gasteiger charge is -2.44. The zero-order chi connectivity index (χ0) is 30.2. The fourth-order valence-corrected chi connectivity index (χ4v) is 5.57. The van der Waals surface area contributed by atoms with Crippen molar-refractivity contribution in [1.82, 2.24) is 25.2 Å². The molecule has 13 heteroatoms. The minimum Gasteiger partial charge on any atom is -0.368 e. The van der Waals surface area contributed by atoms with Gasteiger partial charge < -0.3 is 20.1 Å². The lowest BCUT2D eigenvalue weighted by atomic mass is 10.00. The molecule has 0 aliphatic carbocycles. The van der Waals surface area contributed by atoms with E-state index in [2.05, 4.69) is 43.9 Å². The normalized spacial score (nSPS) is 19.8. The highest BCUT2D eigenvalue weighted by Crippen LogP contribution is 2.34. The van der Waals surface area contributed by atoms with E-state index in [0.29, 0.717) is 41.9 Å². The number of alkyl halides is 3. The standard InChI is InChI=1S/C29H33F4N7O2/c1-17-15-40(16-18(2)38(17)3)25-10-24(30)21(20-12-36-28(37-13-20)39-6-4-5-7-39)8-19(25)11-35-27(42)22-14-34-26(41)9-23(22)29(31,32)33/h8-10,12-14,17-18H,4-7,11,15-16H2,1-3H3,(H,34,41)(H,35,42)/t17-,18+. The number of piperazine rings is 1. The van der Waals surface area contributed by atoms with Crippen molar-refractivity contribution in [2.45, 2.75) is 51.5 Å². The number of amides is 1. The summed E-state index contributed by atoms with van der Waals surface area (Å²) in [7, 11) is 2.02. The Hall–Kier alpha value is -4.00. The number of nitrogens with zero attached hydrogens (tertiary/aromatic N) is 5. The summed E-state index contributed by atoms with van der Waals surface area (Å²) in [6, 6.07) is 3.65. The highest BCUT2D eigenvalue weighted by Gasteiger charge is 2.36. The summed E-state index contributed by atoms with van der Waals surface area (Å²) in [4.78, 5) is 41.8. The molecule has 224 valence electrons. The van der Waals surface area contributed by atoms with Crippen LogP contribution in [0.1, 0.15) is 48.2 Å². The van der Waals surface area contributed by atoms with Gasteiger partial charge in [0.15, 0.2) is 0 Å². The number of nitrogens with one attached hydrogen (secondary N) is 2. The third kappa shape index (κ3) is 6.10. The molecule has 2 fully saturated rings. The second-order valence-corrected chi connectivity index (χ2v) is 11.0. The van der Waals surface area contributed by atoms with Crippen molar-refractivity contribution in [3.63, 3.8) is 0 Å². The zero-order valence-electron chi connectivity index (χ0n) is 23.6. The zero-order valence-corrected chi connectivity index (χ0v) is 23.6. The van der Waals surface area contributed by atoms with Crippen LogP contribution < -0.4 is 20.7 Å². The van der Waals surface area contributed by atoms with E-state index in [1.165, 1.54) is 6.07 Å². The lowest BCUT2D eigenvalue weighted by Crippen LogP contribution is -2.55. The first kappa shape index (κ1) is 29.5. The maximum atomic E-state index is 15.7. The number of benzene rings is 1. The molecular weight excluding hydrogens is 554 g/mol. The first-order valence-corrected chi connectivity index (χ1v) is 13.9. The summed E-state index contributed by atoms with van der Waals surface area (Å²) in [6.45, 7) is 6.84. The van der Waals surface area contributed by atoms with Crippen molar-refractivity contribution >= 4 is 17.5 Å². The van der Waals surface area contributed by atoms with E-state index < -0.39 is 34.6 Å². The Morgan fingerprint density at radius 1 is 1.05 bits per heavy atom. The first-order chi connectivity index (χ1) is 19.9. The molecule has 1 amide bonds. The molecule has 0 saturated carbocycles. The van der Waals surface area contributed by atoms with Crippen LogP contribution in [-0.4, -0.2) is 71.1 Å². The number of likely N-dealkylation sites (N-methyl/N-ethyl adjacent to an activating group) is 1. The highest BCUT2D eigenvalue weighted by atomic mass is 19.4. The molecule has 1 aromatic carbocycles. The van der Waals surface area contributed by atoms with Crippen molar-refractivity contribution in [2.24, 2.45) is 0 Å². The lowest BCUT2D eigenvalue weighted by molar-refractivity contribution is -0.138. The van der Waals surface area contributed by atoms with Crippen LogP contribution >= 0.6 is 0 Å². The van der Waals surface area contributed by atoms with E-state index in [9.17, 15) is 22.8 Å². The molecule has 2 aliphatic heterocycles. The molecule has 2 aliphatic rings. The van der Waals surface area contributed by atoms with Crippen LogP contribution in [0.5, 0.6) is 0 Å². The summed E-state index contributed by atoms with van der Waals surface area (Å²) in [5.41, 5.74) is -1.30. The van der Waals surface area contributed by atoms with E-state index in [4.69, 9.17) is 0 Å². The van der Waals surface area contributed by atoms with Gasteiger partial charge in [-0.25, -0.2) is 14.4 Å². The SMILES string of the molecule is C[C@@H]1CN(c2cc(F)c(-c3cnc(N4CCCC4)nc3)cc2CNC(=O)c2c[nH]c(=O)cc2C(F)(F)F)C[C@H](C)N1C. The molecule has 3 aromatic rings. The summed E-state index contributed by atoms with van der Waals surface area (Å²) in [5, 5.41) is 2.54. The summed E-state index contributed by atoms with van der Waals surface area (Å²) in [6.07, 6.45) is 1.07. The molecule has 0 spiro atoms. The number of anilines is 2. The topological polar surface area (TPSA) is 97.5 Å². The van der Waals surface area contributed by atoms with Gasteiger partial charge in [-0.15, -0.1) is 0 Å². The highest BCUT2D eigenvalue weighted by molar-refractivity contribution is 5.95. The van der Waals surface area contributed by atoms with Gasteiger partial charge in [-0.2, -0.15) is 13.2 Å². The van der Waals surface area contributed by atoms with Gasteiger partial charge in [0.2, 0.25) is 11.5 Å². The maximum Gasteiger partial charge on any atom is 0.417 e. The number of H-pyrrole nitrogens is 1. The number of pyridine rings is 1. The van der Waals surface area contributed by atoms with Gasteiger partial charge in [-0.1, -0.05) is 0 Å². The molecule has 2 saturated heterocycles. The molecule has 5 rings (SSSR count). The van der Waals surface area contributed by atoms with Gasteiger partial charge >= 0.3 is 6.18 Å². The summed E-state index contributed by atoms with van der Waals surface area (Å²) in [5.74, 6) is -0.951. The smallest absolute Gasteiger partial charge is 0.368 e. The monoisotopic (exact) mass is 587 g/mol. The summed E-state index contributed by atoms with van der Waals surface area (Å²) >= 11 is 0. The van der Waals surface area contributed by atoms with Gasteiger partial charge in [0.05, 0.1) is 11.1 Å². The Bertz CT molecular complexity index is 1490. The van der Waals surface area contributed by atoms with E-state index in [0.717, 1.165) is 32.1 Å². The molecule has 0 radical (unpaired) electrons. The van der Waals surface area contributed by atoms with Crippen LogP contribution in [-0.2, 0) is 12.7 Å². The number of halogens is 4. The van der Waals surface area contributed by atoms with Crippen LogP contribution in [0.25, 0.3) is 11.1 Å². The van der Waals surface area contributed by atoms with E-state index in [-0.39, 0.29) is 24.2 Å². The second-order valence-electron chi connectivity index (χ2n) is 11.0. The van der Waals surface area contributed by atoms with Crippen molar-refractivity contribution in [3.8, 4) is 11.1 Å². The molecule has 0 unspecified atom stereocenters. The van der Waals surface area contributed by atoms with Crippen molar-refractivity contribution in [3.05, 3.63) is 69.7 Å². The fraction of sp³-hybridized carbons (Fsp3) is 0.448. The Morgan fingerprint density at radius 3 is 2.31 bits per heavy atom. The number of aromatic nitrogens is 3. The fourth-order valence-electron chi connectivity index (χ4n) is 5.57. The Balaban J connectivity index is 1.48. The second kappa shape index (κ2) is 11.7. The number of hydrogen-bond acceptors (Lipinski definition) is 7. The van der Waals surface area contributed by atoms with Crippen LogP contribution in [0.15, 0.2) is 41.6 Å². The number of aromatic amines is 1. The quantitative estimate of drug-likeness (QED) is 0.420. The molecule has 2 atom stereocenters. The first-order valence-electron chi connectivity index (χ1n) is 13.9. The van der Waals surface area contributed by atoms with E-state index in [1.807, 2.05) is 11.9 Å². The third-order valence-electron chi connectivity index (χ3n) is 8.12. The van der Waals surface area contributed by atoms with Crippen molar-refractivity contribution < 1.29 is 22.4 Å². The molecular formula is C29H33F4N7O2. The minimum atomic E-state index is -4.90. The van der Waals surface area contributed by atoms with Crippen molar-refractivity contribution in [1.29, 1.82) is 0 Å². The number of hydrogen-bond donors (Lipinski definition) is 2. The molecule has 0 bridgehead atoms.